The first-order chi connectivity index (χ1) is 12.1. The van der Waals surface area contributed by atoms with Crippen LogP contribution >= 0.6 is 11.3 Å². The summed E-state index contributed by atoms with van der Waals surface area (Å²) in [5, 5.41) is 1.94. The van der Waals surface area contributed by atoms with Gasteiger partial charge in [0, 0.05) is 13.6 Å². The number of methoxy groups -OCH3 is 2. The van der Waals surface area contributed by atoms with Crippen molar-refractivity contribution in [1.29, 1.82) is 0 Å². The Bertz CT molecular complexity index is 750. The summed E-state index contributed by atoms with van der Waals surface area (Å²) in [6.45, 7) is 0.733. The van der Waals surface area contributed by atoms with Crippen molar-refractivity contribution in [3.05, 3.63) is 45.3 Å². The van der Waals surface area contributed by atoms with Crippen molar-refractivity contribution in [2.45, 2.75) is 19.3 Å². The standard InChI is InChI=1S/C19H21NO4S/c1-20-12-6-4-5-9-15(18(21)23-2)17(19(22)24-3)16(20)11-10-14-8-7-13-25-14/h7-9,13H,4-6,12H2,1-3H3/b15-9+,17-16+. The topological polar surface area (TPSA) is 55.8 Å². The number of allylic oxidation sites excluding steroid dienone is 2. The van der Waals surface area contributed by atoms with E-state index in [4.69, 9.17) is 9.47 Å². The highest BCUT2D eigenvalue weighted by Gasteiger charge is 2.28. The molecule has 0 fully saturated rings. The van der Waals surface area contributed by atoms with Crippen LogP contribution in [-0.4, -0.2) is 44.7 Å². The van der Waals surface area contributed by atoms with E-state index in [1.54, 1.807) is 6.08 Å². The van der Waals surface area contributed by atoms with Gasteiger partial charge in [0.25, 0.3) is 0 Å². The van der Waals surface area contributed by atoms with Gasteiger partial charge < -0.3 is 14.4 Å². The fourth-order valence-electron chi connectivity index (χ4n) is 2.50. The Morgan fingerprint density at radius 3 is 2.56 bits per heavy atom. The maximum atomic E-state index is 12.5. The zero-order valence-corrected chi connectivity index (χ0v) is 15.4. The lowest BCUT2D eigenvalue weighted by Gasteiger charge is -2.21. The number of rotatable bonds is 2. The van der Waals surface area contributed by atoms with E-state index in [0.29, 0.717) is 12.1 Å². The maximum Gasteiger partial charge on any atom is 0.341 e. The quantitative estimate of drug-likeness (QED) is 0.600. The molecule has 0 spiro atoms. The molecule has 0 N–H and O–H groups in total. The van der Waals surface area contributed by atoms with Crippen molar-refractivity contribution >= 4 is 23.3 Å². The summed E-state index contributed by atoms with van der Waals surface area (Å²) in [5.41, 5.74) is 0.834. The summed E-state index contributed by atoms with van der Waals surface area (Å²) < 4.78 is 9.80. The van der Waals surface area contributed by atoms with Crippen molar-refractivity contribution < 1.29 is 19.1 Å². The Kier molecular flexibility index (Phi) is 6.84. The van der Waals surface area contributed by atoms with Gasteiger partial charge in [-0.1, -0.05) is 12.1 Å². The first kappa shape index (κ1) is 18.8. The molecule has 0 saturated carbocycles. The molecule has 25 heavy (non-hydrogen) atoms. The molecule has 2 rings (SSSR count). The van der Waals surface area contributed by atoms with Gasteiger partial charge >= 0.3 is 11.9 Å². The predicted molar refractivity (Wildman–Crippen MR) is 96.8 cm³/mol. The Morgan fingerprint density at radius 2 is 1.92 bits per heavy atom. The average molecular weight is 359 g/mol. The fraction of sp³-hybridized carbons (Fsp3) is 0.368. The Balaban J connectivity index is 2.66. The van der Waals surface area contributed by atoms with Crippen molar-refractivity contribution in [1.82, 2.24) is 4.90 Å². The summed E-state index contributed by atoms with van der Waals surface area (Å²) in [7, 11) is 4.45. The molecule has 0 atom stereocenters. The molecule has 0 aromatic carbocycles. The van der Waals surface area contributed by atoms with Crippen LogP contribution in [0.5, 0.6) is 0 Å². The molecule has 6 heteroatoms. The maximum absolute atomic E-state index is 12.5. The van der Waals surface area contributed by atoms with Crippen LogP contribution in [0, 0.1) is 11.8 Å². The van der Waals surface area contributed by atoms with Crippen molar-refractivity contribution in [3.63, 3.8) is 0 Å². The third-order valence-corrected chi connectivity index (χ3v) is 4.59. The highest BCUT2D eigenvalue weighted by Crippen LogP contribution is 2.24. The van der Waals surface area contributed by atoms with Gasteiger partial charge in [0.2, 0.25) is 0 Å². The van der Waals surface area contributed by atoms with Gasteiger partial charge in [0.15, 0.2) is 0 Å². The van der Waals surface area contributed by atoms with E-state index in [1.165, 1.54) is 25.6 Å². The Hall–Kier alpha value is -2.52. The van der Waals surface area contributed by atoms with Gasteiger partial charge in [-0.25, -0.2) is 9.59 Å². The number of hydrogen-bond acceptors (Lipinski definition) is 6. The minimum atomic E-state index is -0.596. The third-order valence-electron chi connectivity index (χ3n) is 3.80. The van der Waals surface area contributed by atoms with Gasteiger partial charge in [-0.15, -0.1) is 11.3 Å². The summed E-state index contributed by atoms with van der Waals surface area (Å²) in [6.07, 6.45) is 4.26. The first-order valence-electron chi connectivity index (χ1n) is 7.96. The molecular formula is C19H21NO4S. The van der Waals surface area contributed by atoms with E-state index >= 15 is 0 Å². The molecule has 0 radical (unpaired) electrons. The SMILES string of the molecule is COC(=O)C1=C/CCCCN(C)/C(C#Cc2cccs2)=C\1C(=O)OC. The minimum absolute atomic E-state index is 0.155. The summed E-state index contributed by atoms with van der Waals surface area (Å²) in [4.78, 5) is 27.5. The summed E-state index contributed by atoms with van der Waals surface area (Å²) in [5.74, 6) is 4.96. The van der Waals surface area contributed by atoms with Gasteiger partial charge in [0.05, 0.1) is 24.7 Å². The lowest BCUT2D eigenvalue weighted by atomic mass is 10.0. The number of carbonyl (C=O) groups is 2. The van der Waals surface area contributed by atoms with E-state index in [-0.39, 0.29) is 11.1 Å². The predicted octanol–water partition coefficient (Wildman–Crippen LogP) is 2.74. The molecule has 0 saturated heterocycles. The number of nitrogens with zero attached hydrogens (tertiary/aromatic N) is 1. The minimum Gasteiger partial charge on any atom is -0.465 e. The van der Waals surface area contributed by atoms with Gasteiger partial charge in [0.1, 0.15) is 11.3 Å². The first-order valence-corrected chi connectivity index (χ1v) is 8.84. The van der Waals surface area contributed by atoms with E-state index in [9.17, 15) is 9.59 Å². The smallest absolute Gasteiger partial charge is 0.341 e. The van der Waals surface area contributed by atoms with Crippen LogP contribution in [-0.2, 0) is 19.1 Å². The van der Waals surface area contributed by atoms with Crippen LogP contribution < -0.4 is 0 Å². The van der Waals surface area contributed by atoms with Crippen molar-refractivity contribution in [2.24, 2.45) is 0 Å². The lowest BCUT2D eigenvalue weighted by molar-refractivity contribution is -0.139. The monoisotopic (exact) mass is 359 g/mol. The number of esters is 2. The summed E-state index contributed by atoms with van der Waals surface area (Å²) >= 11 is 1.52. The van der Waals surface area contributed by atoms with E-state index in [2.05, 4.69) is 11.8 Å². The van der Waals surface area contributed by atoms with Crippen LogP contribution in [0.1, 0.15) is 24.1 Å². The fourth-order valence-corrected chi connectivity index (χ4v) is 3.08. The molecule has 132 valence electrons. The summed E-state index contributed by atoms with van der Waals surface area (Å²) in [6, 6.07) is 3.82. The molecule has 0 unspecified atom stereocenters. The molecule has 1 aromatic heterocycles. The van der Waals surface area contributed by atoms with Crippen LogP contribution in [0.25, 0.3) is 0 Å². The third kappa shape index (κ3) is 4.74. The normalized spacial score (nSPS) is 20.1. The molecule has 1 aliphatic heterocycles. The second-order valence-corrected chi connectivity index (χ2v) is 6.42. The van der Waals surface area contributed by atoms with Crippen molar-refractivity contribution in [2.75, 3.05) is 27.8 Å². The molecule has 0 aliphatic carbocycles. The molecule has 2 heterocycles. The van der Waals surface area contributed by atoms with Gasteiger partial charge in [-0.3, -0.25) is 0 Å². The molecule has 1 aliphatic rings. The molecular weight excluding hydrogens is 338 g/mol. The van der Waals surface area contributed by atoms with Crippen LogP contribution in [0.4, 0.5) is 0 Å². The van der Waals surface area contributed by atoms with Gasteiger partial charge in [-0.2, -0.15) is 0 Å². The van der Waals surface area contributed by atoms with Crippen molar-refractivity contribution in [3.8, 4) is 11.8 Å². The molecule has 5 nitrogen and oxygen atoms in total. The number of carbonyl (C=O) groups excluding carboxylic acids is 2. The molecule has 1 aromatic rings. The average Bonchev–Trinajstić information content (AvgIpc) is 3.15. The number of ether oxygens (including phenoxy) is 2. The highest BCUT2D eigenvalue weighted by molar-refractivity contribution is 7.10. The van der Waals surface area contributed by atoms with Crippen LogP contribution in [0.2, 0.25) is 0 Å². The Morgan fingerprint density at radius 1 is 1.16 bits per heavy atom. The largest absolute Gasteiger partial charge is 0.465 e. The lowest BCUT2D eigenvalue weighted by Crippen LogP contribution is -2.25. The van der Waals surface area contributed by atoms with E-state index in [1.807, 2.05) is 29.5 Å². The zero-order valence-electron chi connectivity index (χ0n) is 14.6. The Labute approximate surface area is 151 Å². The second-order valence-electron chi connectivity index (χ2n) is 5.47. The van der Waals surface area contributed by atoms with Crippen LogP contribution in [0.3, 0.4) is 0 Å². The van der Waals surface area contributed by atoms with Crippen LogP contribution in [0.15, 0.2) is 40.4 Å². The number of hydrogen-bond donors (Lipinski definition) is 0. The number of thiophene rings is 1. The molecule has 0 amide bonds. The van der Waals surface area contributed by atoms with E-state index < -0.39 is 11.9 Å². The second kappa shape index (κ2) is 9.09. The molecule has 0 bridgehead atoms. The zero-order chi connectivity index (χ0) is 18.2. The highest BCUT2D eigenvalue weighted by atomic mass is 32.1. The van der Waals surface area contributed by atoms with Gasteiger partial charge in [-0.05, 0) is 42.5 Å². The van der Waals surface area contributed by atoms with E-state index in [0.717, 1.165) is 24.3 Å².